The Morgan fingerprint density at radius 3 is 2.38 bits per heavy atom. The van der Waals surface area contributed by atoms with Crippen LogP contribution in [0.15, 0.2) is 72.9 Å². The molecule has 1 aliphatic carbocycles. The molecule has 2 heterocycles. The van der Waals surface area contributed by atoms with Crippen molar-refractivity contribution in [1.29, 1.82) is 0 Å². The van der Waals surface area contributed by atoms with Crippen molar-refractivity contribution < 1.29 is 36.6 Å². The summed E-state index contributed by atoms with van der Waals surface area (Å²) in [5.74, 6) is -3.99. The molecule has 0 unspecified atom stereocenters. The maximum absolute atomic E-state index is 13.7. The van der Waals surface area contributed by atoms with Gasteiger partial charge in [-0.25, -0.2) is 23.2 Å². The molecule has 6 nitrogen and oxygen atoms in total. The summed E-state index contributed by atoms with van der Waals surface area (Å²) in [7, 11) is 0. The van der Waals surface area contributed by atoms with Crippen LogP contribution in [-0.2, 0) is 12.8 Å². The number of hydrogen-bond donors (Lipinski definition) is 1. The van der Waals surface area contributed by atoms with Crippen molar-refractivity contribution in [3.8, 4) is 22.8 Å². The number of hydrogen-bond acceptors (Lipinski definition) is 4. The highest BCUT2D eigenvalue weighted by atomic mass is 19.4. The Labute approximate surface area is 226 Å². The van der Waals surface area contributed by atoms with Gasteiger partial charge < -0.3 is 9.84 Å². The Balaban J connectivity index is 1.35. The van der Waals surface area contributed by atoms with Crippen LogP contribution in [0.1, 0.15) is 58.8 Å². The first-order chi connectivity index (χ1) is 19.0. The van der Waals surface area contributed by atoms with Crippen molar-refractivity contribution in [3.05, 3.63) is 95.3 Å². The number of carbonyl (C=O) groups is 1. The summed E-state index contributed by atoms with van der Waals surface area (Å²) in [6.07, 6.45) is -3.64. The number of ether oxygens (including phenoxy) is 1. The second-order valence-electron chi connectivity index (χ2n) is 9.66. The van der Waals surface area contributed by atoms with Gasteiger partial charge in [-0.2, -0.15) is 18.3 Å². The molecule has 2 aromatic heterocycles. The molecule has 0 radical (unpaired) electrons. The summed E-state index contributed by atoms with van der Waals surface area (Å²) in [5, 5.41) is 12.8. The first-order valence-corrected chi connectivity index (χ1v) is 12.6. The lowest BCUT2D eigenvalue weighted by Gasteiger charge is -2.28. The first kappa shape index (κ1) is 27.3. The van der Waals surface area contributed by atoms with E-state index in [0.717, 1.165) is 11.1 Å². The molecule has 0 saturated heterocycles. The zero-order valence-corrected chi connectivity index (χ0v) is 21.0. The summed E-state index contributed by atoms with van der Waals surface area (Å²) in [6, 6.07) is 18.9. The number of nitrogens with zero attached hydrogens (tertiary/aromatic N) is 3. The number of benzene rings is 2. The Bertz CT molecular complexity index is 1510. The Kier molecular flexibility index (Phi) is 7.31. The summed E-state index contributed by atoms with van der Waals surface area (Å²) in [5.41, 5.74) is 0.286. The molecule has 40 heavy (non-hydrogen) atoms. The molecule has 4 aromatic rings. The highest BCUT2D eigenvalue weighted by molar-refractivity contribution is 5.89. The van der Waals surface area contributed by atoms with Crippen LogP contribution in [-0.4, -0.2) is 31.8 Å². The third kappa shape index (κ3) is 5.83. The second-order valence-corrected chi connectivity index (χ2v) is 9.66. The highest BCUT2D eigenvalue weighted by Gasteiger charge is 2.41. The van der Waals surface area contributed by atoms with Gasteiger partial charge in [-0.1, -0.05) is 42.5 Å². The first-order valence-electron chi connectivity index (χ1n) is 12.6. The fourth-order valence-corrected chi connectivity index (χ4v) is 4.87. The predicted octanol–water partition coefficient (Wildman–Crippen LogP) is 7.52. The second kappa shape index (κ2) is 10.7. The van der Waals surface area contributed by atoms with Crippen LogP contribution in [0.5, 0.6) is 5.75 Å². The van der Waals surface area contributed by atoms with Crippen LogP contribution in [0, 0.1) is 0 Å². The van der Waals surface area contributed by atoms with Crippen LogP contribution >= 0.6 is 0 Å². The van der Waals surface area contributed by atoms with Gasteiger partial charge >= 0.3 is 12.1 Å². The molecule has 0 aliphatic heterocycles. The van der Waals surface area contributed by atoms with E-state index < -0.39 is 29.3 Å². The zero-order valence-electron chi connectivity index (χ0n) is 21.0. The summed E-state index contributed by atoms with van der Waals surface area (Å²) < 4.78 is 74.6. The summed E-state index contributed by atoms with van der Waals surface area (Å²) >= 11 is 0. The van der Waals surface area contributed by atoms with Crippen molar-refractivity contribution in [1.82, 2.24) is 14.8 Å². The molecular formula is C29H24F5N3O3. The minimum absolute atomic E-state index is 0.104. The van der Waals surface area contributed by atoms with E-state index in [1.54, 1.807) is 30.3 Å². The van der Waals surface area contributed by atoms with Crippen LogP contribution in [0.25, 0.3) is 17.1 Å². The van der Waals surface area contributed by atoms with E-state index in [1.807, 2.05) is 24.3 Å². The molecule has 0 amide bonds. The smallest absolute Gasteiger partial charge is 0.434 e. The van der Waals surface area contributed by atoms with Crippen molar-refractivity contribution >= 4 is 5.97 Å². The van der Waals surface area contributed by atoms with Crippen molar-refractivity contribution in [2.75, 3.05) is 0 Å². The maximum atomic E-state index is 13.7. The van der Waals surface area contributed by atoms with E-state index in [4.69, 9.17) is 4.74 Å². The number of carboxylic acid groups (broad SMARTS) is 1. The monoisotopic (exact) mass is 557 g/mol. The molecule has 0 bridgehead atoms. The van der Waals surface area contributed by atoms with Gasteiger partial charge in [-0.3, -0.25) is 0 Å². The normalized spacial score (nSPS) is 15.6. The third-order valence-electron chi connectivity index (χ3n) is 6.95. The van der Waals surface area contributed by atoms with E-state index in [2.05, 4.69) is 10.1 Å². The molecule has 11 heteroatoms. The quantitative estimate of drug-likeness (QED) is 0.238. The Hall–Kier alpha value is -4.28. The van der Waals surface area contributed by atoms with Gasteiger partial charge in [-0.05, 0) is 54.2 Å². The molecule has 208 valence electrons. The number of halogens is 5. The molecule has 1 aliphatic rings. The van der Waals surface area contributed by atoms with Crippen molar-refractivity contribution in [3.63, 3.8) is 0 Å². The lowest BCUT2D eigenvalue weighted by molar-refractivity contribution is -0.143. The number of rotatable bonds is 7. The van der Waals surface area contributed by atoms with Crippen LogP contribution in [0.4, 0.5) is 22.0 Å². The van der Waals surface area contributed by atoms with E-state index in [-0.39, 0.29) is 31.2 Å². The summed E-state index contributed by atoms with van der Waals surface area (Å²) in [6.45, 7) is 0.194. The van der Waals surface area contributed by atoms with Crippen molar-refractivity contribution in [2.45, 2.75) is 50.3 Å². The number of aromatic nitrogens is 3. The fraction of sp³-hybridized carbons (Fsp3) is 0.276. The molecule has 5 rings (SSSR count). The van der Waals surface area contributed by atoms with Crippen LogP contribution in [0.3, 0.4) is 0 Å². The zero-order chi connectivity index (χ0) is 28.5. The number of pyridine rings is 1. The highest BCUT2D eigenvalue weighted by Crippen LogP contribution is 2.41. The minimum atomic E-state index is -4.97. The fourth-order valence-electron chi connectivity index (χ4n) is 4.87. The van der Waals surface area contributed by atoms with E-state index in [9.17, 15) is 31.9 Å². The van der Waals surface area contributed by atoms with Gasteiger partial charge in [0.2, 0.25) is 5.92 Å². The van der Waals surface area contributed by atoms with E-state index >= 15 is 0 Å². The molecule has 0 spiro atoms. The molecule has 1 N–H and O–H groups in total. The van der Waals surface area contributed by atoms with Crippen molar-refractivity contribution in [2.24, 2.45) is 0 Å². The molecule has 0 atom stereocenters. The van der Waals surface area contributed by atoms with Gasteiger partial charge in [0.05, 0.1) is 11.9 Å². The van der Waals surface area contributed by atoms with Gasteiger partial charge in [0.1, 0.15) is 17.9 Å². The van der Waals surface area contributed by atoms with E-state index in [0.29, 0.717) is 40.7 Å². The lowest BCUT2D eigenvalue weighted by Crippen LogP contribution is -2.23. The van der Waals surface area contributed by atoms with E-state index in [1.165, 1.54) is 12.1 Å². The Morgan fingerprint density at radius 1 is 1.00 bits per heavy atom. The topological polar surface area (TPSA) is 77.2 Å². The SMILES string of the molecule is O=C(O)c1cnn(-c2cccc(-c3ccccc3OCc3ccc(C4CCC(F)(F)CC4)cc3)n2)c1C(F)(F)F. The summed E-state index contributed by atoms with van der Waals surface area (Å²) in [4.78, 5) is 15.7. The van der Waals surface area contributed by atoms with Crippen LogP contribution < -0.4 is 4.74 Å². The number of alkyl halides is 5. The lowest BCUT2D eigenvalue weighted by atomic mass is 9.82. The van der Waals surface area contributed by atoms with Gasteiger partial charge in [-0.15, -0.1) is 0 Å². The third-order valence-corrected chi connectivity index (χ3v) is 6.95. The molecule has 1 saturated carbocycles. The number of aromatic carboxylic acids is 1. The van der Waals surface area contributed by atoms with Gasteiger partial charge in [0.25, 0.3) is 0 Å². The van der Waals surface area contributed by atoms with Crippen LogP contribution in [0.2, 0.25) is 0 Å². The average molecular weight is 558 g/mol. The van der Waals surface area contributed by atoms with Gasteiger partial charge in [0.15, 0.2) is 11.5 Å². The standard InChI is InChI=1S/C29H24F5N3O3/c30-28(31)14-12-20(13-15-28)19-10-8-18(9-11-19)17-40-24-6-2-1-4-21(24)23-5-3-7-25(36-23)37-26(29(32,33)34)22(16-35-37)27(38)39/h1-11,16,20H,12-15,17H2,(H,38,39). The van der Waals surface area contributed by atoms with Gasteiger partial charge in [0, 0.05) is 18.4 Å². The Morgan fingerprint density at radius 2 is 1.70 bits per heavy atom. The maximum Gasteiger partial charge on any atom is 0.434 e. The molecule has 2 aromatic carbocycles. The largest absolute Gasteiger partial charge is 0.488 e. The number of carboxylic acids is 1. The minimum Gasteiger partial charge on any atom is -0.488 e. The molecular weight excluding hydrogens is 533 g/mol. The average Bonchev–Trinajstić information content (AvgIpc) is 3.39. The molecule has 1 fully saturated rings. The predicted molar refractivity (Wildman–Crippen MR) is 136 cm³/mol. The number of para-hydroxylation sites is 1.